The fourth-order valence-electron chi connectivity index (χ4n) is 11.1. The number of carbonyl (C=O) groups is 10. The average molecular weight is 1230 g/mol. The van der Waals surface area contributed by atoms with Crippen molar-refractivity contribution in [1.82, 2.24) is 52.3 Å². The lowest BCUT2D eigenvalue weighted by atomic mass is 9.99. The summed E-state index contributed by atoms with van der Waals surface area (Å²) in [5.41, 5.74) is 23.7. The van der Waals surface area contributed by atoms with Crippen molar-refractivity contribution in [2.24, 2.45) is 50.7 Å². The van der Waals surface area contributed by atoms with Gasteiger partial charge in [-0.2, -0.15) is 0 Å². The number of hydrogen-bond donors (Lipinski definition) is 13. The van der Waals surface area contributed by atoms with Gasteiger partial charge in [0.25, 0.3) is 0 Å². The van der Waals surface area contributed by atoms with Crippen LogP contribution in [0.2, 0.25) is 0 Å². The lowest BCUT2D eigenvalue weighted by Gasteiger charge is -2.33. The SMILES string of the molecule is CC(C)C[C@@H]1NC(=O)[C@H](CCCN=C(N)N)NC(=O)[C@H]([C@@H](C)O)NC(=O)[C@@H]2CCCN2C(=O)[C@@H](Cc2ccccc2)NC(=O)[C@H](CC(C)C)NC(=O)[C@H](CCCN=C(N)N)NC(=O)[C@H](C(C)C)NC(=O)[C@@H]2CCCN2C(=O)[C@@H](Cc2ccccc2)NC1=O. The van der Waals surface area contributed by atoms with Crippen molar-refractivity contribution in [3.63, 3.8) is 0 Å². The summed E-state index contributed by atoms with van der Waals surface area (Å²) in [4.78, 5) is 157. The summed E-state index contributed by atoms with van der Waals surface area (Å²) in [6, 6.07) is 4.52. The standard InChI is InChI=1S/C61H94N16O11/c1-34(2)30-42-52(81)73-45(33-39-20-12-9-13-21-39)59(88)77-29-17-25-47(77)55(84)75-49(37(7)78)57(86)69-41(23-15-27-67-61(64)65)51(80)71-43(31-35(3)4)53(82)72-44(32-38-18-10-8-11-19-38)58(87)76-28-16-24-46(76)54(83)74-48(36(5)6)56(85)68-40(50(79)70-42)22-14-26-66-60(62)63/h8-13,18-21,34-37,40-49,78H,14-17,22-33H2,1-7H3,(H,68,85)(H,69,86)(H,70,79)(H,71,80)(H,72,82)(H,73,81)(H,74,83)(H,75,84)(H4,62,63,66)(H4,64,65,67)/t37-,40+,41+,42+,43+,44-,45-,46+,47+,48+,49+/m1/s1. The zero-order chi connectivity index (χ0) is 64.8. The number of aliphatic hydroxyl groups excluding tert-OH is 1. The second-order valence-electron chi connectivity index (χ2n) is 24.2. The molecule has 484 valence electrons. The molecule has 0 radical (unpaired) electrons. The molecule has 3 saturated heterocycles. The molecule has 27 nitrogen and oxygen atoms in total. The van der Waals surface area contributed by atoms with Crippen LogP contribution in [0, 0.1) is 17.8 Å². The maximum Gasteiger partial charge on any atom is 0.246 e. The minimum Gasteiger partial charge on any atom is -0.391 e. The van der Waals surface area contributed by atoms with E-state index in [-0.39, 0.29) is 114 Å². The van der Waals surface area contributed by atoms with E-state index in [0.29, 0.717) is 24.0 Å². The highest BCUT2D eigenvalue weighted by atomic mass is 16.3. The molecule has 3 fully saturated rings. The van der Waals surface area contributed by atoms with Gasteiger partial charge in [-0.25, -0.2) is 0 Å². The molecular weight excluding hydrogens is 1130 g/mol. The maximum atomic E-state index is 15.0. The van der Waals surface area contributed by atoms with E-state index in [9.17, 15) is 53.1 Å². The molecule has 0 aliphatic carbocycles. The molecule has 2 aromatic rings. The van der Waals surface area contributed by atoms with Crippen molar-refractivity contribution in [2.75, 3.05) is 26.2 Å². The highest BCUT2D eigenvalue weighted by molar-refractivity contribution is 6.00. The average Bonchev–Trinajstić information content (AvgIpc) is 1.99. The van der Waals surface area contributed by atoms with Gasteiger partial charge in [0.2, 0.25) is 59.1 Å². The van der Waals surface area contributed by atoms with Gasteiger partial charge in [0.05, 0.1) is 6.10 Å². The number of aliphatic hydroxyl groups is 1. The quantitative estimate of drug-likeness (QED) is 0.0463. The summed E-state index contributed by atoms with van der Waals surface area (Å²) in [6.45, 7) is 12.2. The largest absolute Gasteiger partial charge is 0.391 e. The number of rotatable bonds is 18. The minimum absolute atomic E-state index is 0.0289. The Morgan fingerprint density at radius 3 is 1.16 bits per heavy atom. The number of hydrogen-bond acceptors (Lipinski definition) is 13. The molecule has 3 aliphatic heterocycles. The first-order chi connectivity index (χ1) is 41.7. The van der Waals surface area contributed by atoms with Crippen LogP contribution in [0.3, 0.4) is 0 Å². The Labute approximate surface area is 515 Å². The number of benzene rings is 2. The molecule has 3 aliphatic rings. The van der Waals surface area contributed by atoms with Gasteiger partial charge < -0.3 is 80.4 Å². The van der Waals surface area contributed by atoms with E-state index in [4.69, 9.17) is 22.9 Å². The molecular formula is C61H94N16O11. The van der Waals surface area contributed by atoms with Gasteiger partial charge in [-0.1, -0.05) is 102 Å². The second kappa shape index (κ2) is 34.3. The predicted molar refractivity (Wildman–Crippen MR) is 330 cm³/mol. The summed E-state index contributed by atoms with van der Waals surface area (Å²) in [6.07, 6.45) is -0.252. The minimum atomic E-state index is -1.69. The molecule has 0 spiro atoms. The van der Waals surface area contributed by atoms with Gasteiger partial charge in [-0.15, -0.1) is 0 Å². The van der Waals surface area contributed by atoms with Crippen molar-refractivity contribution in [3.8, 4) is 0 Å². The Balaban J connectivity index is 1.61. The first-order valence-electron chi connectivity index (χ1n) is 30.6. The third-order valence-corrected chi connectivity index (χ3v) is 15.6. The molecule has 17 N–H and O–H groups in total. The van der Waals surface area contributed by atoms with Crippen LogP contribution in [0.15, 0.2) is 70.6 Å². The van der Waals surface area contributed by atoms with E-state index in [0.717, 1.165) is 0 Å². The number of carbonyl (C=O) groups excluding carboxylic acids is 10. The van der Waals surface area contributed by atoms with E-state index in [1.54, 1.807) is 74.5 Å². The zero-order valence-electron chi connectivity index (χ0n) is 51.8. The van der Waals surface area contributed by atoms with Crippen molar-refractivity contribution >= 4 is 71.0 Å². The monoisotopic (exact) mass is 1230 g/mol. The Morgan fingerprint density at radius 1 is 0.466 bits per heavy atom. The molecule has 3 heterocycles. The molecule has 88 heavy (non-hydrogen) atoms. The van der Waals surface area contributed by atoms with Gasteiger partial charge in [-0.3, -0.25) is 57.9 Å². The van der Waals surface area contributed by atoms with Gasteiger partial charge in [0.15, 0.2) is 11.9 Å². The van der Waals surface area contributed by atoms with Crippen LogP contribution in [0.25, 0.3) is 0 Å². The Bertz CT molecular complexity index is 2590. The van der Waals surface area contributed by atoms with Crippen LogP contribution in [0.5, 0.6) is 0 Å². The highest BCUT2D eigenvalue weighted by Crippen LogP contribution is 2.24. The molecule has 0 bridgehead atoms. The number of guanidine groups is 2. The molecule has 11 atom stereocenters. The molecule has 0 saturated carbocycles. The Morgan fingerprint density at radius 2 is 0.807 bits per heavy atom. The fourth-order valence-corrected chi connectivity index (χ4v) is 11.1. The summed E-state index contributed by atoms with van der Waals surface area (Å²) >= 11 is 0. The first kappa shape index (κ1) is 70.4. The van der Waals surface area contributed by atoms with Gasteiger partial charge in [0, 0.05) is 39.0 Å². The summed E-state index contributed by atoms with van der Waals surface area (Å²) < 4.78 is 0. The second-order valence-corrected chi connectivity index (χ2v) is 24.2. The molecule has 27 heteroatoms. The van der Waals surface area contributed by atoms with Gasteiger partial charge in [-0.05, 0) is 100 Å². The van der Waals surface area contributed by atoms with E-state index < -0.39 is 132 Å². The molecule has 0 unspecified atom stereocenters. The van der Waals surface area contributed by atoms with Crippen LogP contribution in [-0.4, -0.2) is 179 Å². The molecule has 0 aromatic heterocycles. The van der Waals surface area contributed by atoms with Crippen molar-refractivity contribution < 1.29 is 53.1 Å². The van der Waals surface area contributed by atoms with Crippen molar-refractivity contribution in [1.29, 1.82) is 0 Å². The summed E-state index contributed by atoms with van der Waals surface area (Å²) in [5.74, 6) is -8.95. The fraction of sp³-hybridized carbons (Fsp3) is 0.607. The summed E-state index contributed by atoms with van der Waals surface area (Å²) in [5, 5.41) is 33.4. The Kier molecular flexibility index (Phi) is 27.4. The number of nitrogens with two attached hydrogens (primary N) is 4. The molecule has 10 amide bonds. The van der Waals surface area contributed by atoms with E-state index in [1.807, 2.05) is 27.7 Å². The lowest BCUT2D eigenvalue weighted by Crippen LogP contribution is -2.62. The smallest absolute Gasteiger partial charge is 0.246 e. The van der Waals surface area contributed by atoms with Crippen molar-refractivity contribution in [3.05, 3.63) is 71.8 Å². The van der Waals surface area contributed by atoms with Crippen LogP contribution in [0.4, 0.5) is 0 Å². The van der Waals surface area contributed by atoms with Crippen LogP contribution < -0.4 is 65.5 Å². The zero-order valence-corrected chi connectivity index (χ0v) is 51.8. The van der Waals surface area contributed by atoms with Crippen LogP contribution >= 0.6 is 0 Å². The Hall–Kier alpha value is -8.36. The number of nitrogens with one attached hydrogen (secondary N) is 8. The normalized spacial score (nSPS) is 25.7. The van der Waals surface area contributed by atoms with E-state index in [2.05, 4.69) is 52.5 Å². The number of amides is 10. The predicted octanol–water partition coefficient (Wildman–Crippen LogP) is -1.42. The number of nitrogens with zero attached hydrogens (tertiary/aromatic N) is 4. The van der Waals surface area contributed by atoms with Gasteiger partial charge >= 0.3 is 0 Å². The van der Waals surface area contributed by atoms with Crippen molar-refractivity contribution in [2.45, 2.75) is 192 Å². The number of aliphatic imine (C=N–C) groups is 2. The van der Waals surface area contributed by atoms with Crippen LogP contribution in [-0.2, 0) is 60.8 Å². The highest BCUT2D eigenvalue weighted by Gasteiger charge is 2.43. The maximum absolute atomic E-state index is 15.0. The third kappa shape index (κ3) is 21.5. The first-order valence-corrected chi connectivity index (χ1v) is 30.6. The topological polar surface area (TPSA) is 422 Å². The van der Waals surface area contributed by atoms with Gasteiger partial charge in [0.1, 0.15) is 60.4 Å². The van der Waals surface area contributed by atoms with E-state index >= 15 is 0 Å². The van der Waals surface area contributed by atoms with Crippen LogP contribution in [0.1, 0.15) is 124 Å². The van der Waals surface area contributed by atoms with E-state index in [1.165, 1.54) is 16.7 Å². The lowest BCUT2D eigenvalue weighted by molar-refractivity contribution is -0.143. The summed E-state index contributed by atoms with van der Waals surface area (Å²) in [7, 11) is 0. The molecule has 2 aromatic carbocycles. The third-order valence-electron chi connectivity index (χ3n) is 15.6. The molecule has 5 rings (SSSR count). The number of fused-ring (bicyclic) bond motifs is 2.